The fraction of sp³-hybridized carbons (Fsp3) is 0.273. The molecule has 0 amide bonds. The summed E-state index contributed by atoms with van der Waals surface area (Å²) < 4.78 is 41.0. The third kappa shape index (κ3) is 1.92. The number of benzene rings is 1. The van der Waals surface area contributed by atoms with Gasteiger partial charge in [-0.15, -0.1) is 5.10 Å². The van der Waals surface area contributed by atoms with Gasteiger partial charge in [0.05, 0.1) is 5.69 Å². The molecule has 96 valence electrons. The highest BCUT2D eigenvalue weighted by atomic mass is 19.2. The van der Waals surface area contributed by atoms with Gasteiger partial charge >= 0.3 is 0 Å². The number of hydrogen-bond acceptors (Lipinski definition) is 3. The molecular formula is C11H11F3N4. The van der Waals surface area contributed by atoms with E-state index in [1.54, 1.807) is 13.8 Å². The maximum absolute atomic E-state index is 13.6. The first kappa shape index (κ1) is 12.4. The van der Waals surface area contributed by atoms with E-state index in [-0.39, 0.29) is 17.4 Å². The summed E-state index contributed by atoms with van der Waals surface area (Å²) in [6.07, 6.45) is 0. The van der Waals surface area contributed by atoms with Gasteiger partial charge in [-0.3, -0.25) is 0 Å². The Bertz CT molecular complexity index is 592. The molecule has 0 fully saturated rings. The quantitative estimate of drug-likeness (QED) is 0.839. The number of aromatic nitrogens is 3. The molecule has 0 saturated heterocycles. The van der Waals surface area contributed by atoms with Gasteiger partial charge in [-0.25, -0.2) is 17.9 Å². The standard InChI is InChI=1S/C11H11F3N4/c1-5(2)10-11(15)16-17-18(10)8-4-6(12)3-7(13)9(8)14/h3-5H,15H2,1-2H3. The van der Waals surface area contributed by atoms with Crippen LogP contribution in [0, 0.1) is 17.5 Å². The molecule has 0 atom stereocenters. The van der Waals surface area contributed by atoms with Crippen LogP contribution in [0.5, 0.6) is 0 Å². The number of nitrogens with two attached hydrogens (primary N) is 1. The number of anilines is 1. The molecular weight excluding hydrogens is 245 g/mol. The maximum Gasteiger partial charge on any atom is 0.184 e. The van der Waals surface area contributed by atoms with Crippen molar-refractivity contribution in [2.75, 3.05) is 5.73 Å². The van der Waals surface area contributed by atoms with Crippen LogP contribution in [0.2, 0.25) is 0 Å². The SMILES string of the molecule is CC(C)c1c(N)nnn1-c1cc(F)cc(F)c1F. The molecule has 1 aromatic heterocycles. The number of nitrogen functional groups attached to an aromatic ring is 1. The molecule has 18 heavy (non-hydrogen) atoms. The van der Waals surface area contributed by atoms with Gasteiger partial charge in [0.2, 0.25) is 0 Å². The molecule has 1 aromatic carbocycles. The van der Waals surface area contributed by atoms with E-state index < -0.39 is 17.5 Å². The van der Waals surface area contributed by atoms with Gasteiger partial charge in [-0.1, -0.05) is 19.1 Å². The van der Waals surface area contributed by atoms with Gasteiger partial charge < -0.3 is 5.73 Å². The fourth-order valence-electron chi connectivity index (χ4n) is 1.72. The predicted molar refractivity (Wildman–Crippen MR) is 59.7 cm³/mol. The Balaban J connectivity index is 2.70. The van der Waals surface area contributed by atoms with Gasteiger partial charge in [-0.05, 0) is 5.92 Å². The van der Waals surface area contributed by atoms with Crippen molar-refractivity contribution in [2.45, 2.75) is 19.8 Å². The molecule has 0 aliphatic carbocycles. The normalized spacial score (nSPS) is 11.2. The monoisotopic (exact) mass is 256 g/mol. The molecule has 0 radical (unpaired) electrons. The molecule has 0 bridgehead atoms. The number of hydrogen-bond donors (Lipinski definition) is 1. The minimum atomic E-state index is -1.28. The summed E-state index contributed by atoms with van der Waals surface area (Å²) in [6.45, 7) is 3.58. The van der Waals surface area contributed by atoms with Gasteiger partial charge in [0, 0.05) is 12.1 Å². The van der Waals surface area contributed by atoms with E-state index in [9.17, 15) is 13.2 Å². The maximum atomic E-state index is 13.6. The van der Waals surface area contributed by atoms with Crippen molar-refractivity contribution in [3.05, 3.63) is 35.3 Å². The van der Waals surface area contributed by atoms with Gasteiger partial charge in [-0.2, -0.15) is 0 Å². The van der Waals surface area contributed by atoms with E-state index in [0.29, 0.717) is 11.8 Å². The summed E-state index contributed by atoms with van der Waals surface area (Å²) in [5.74, 6) is -3.38. The predicted octanol–water partition coefficient (Wildman–Crippen LogP) is 2.39. The fourth-order valence-corrected chi connectivity index (χ4v) is 1.72. The molecule has 2 aromatic rings. The van der Waals surface area contributed by atoms with E-state index in [0.717, 1.165) is 10.7 Å². The summed E-state index contributed by atoms with van der Waals surface area (Å²) in [5, 5.41) is 7.21. The van der Waals surface area contributed by atoms with E-state index in [4.69, 9.17) is 5.73 Å². The van der Waals surface area contributed by atoms with E-state index >= 15 is 0 Å². The molecule has 0 spiro atoms. The van der Waals surface area contributed by atoms with Crippen LogP contribution in [0.1, 0.15) is 25.5 Å². The van der Waals surface area contributed by atoms with Crippen molar-refractivity contribution >= 4 is 5.82 Å². The second kappa shape index (κ2) is 4.32. The topological polar surface area (TPSA) is 56.7 Å². The van der Waals surface area contributed by atoms with Crippen LogP contribution in [0.4, 0.5) is 19.0 Å². The Morgan fingerprint density at radius 3 is 2.50 bits per heavy atom. The lowest BCUT2D eigenvalue weighted by Crippen LogP contribution is -2.09. The van der Waals surface area contributed by atoms with Crippen LogP contribution in [0.15, 0.2) is 12.1 Å². The number of nitrogens with zero attached hydrogens (tertiary/aromatic N) is 3. The third-order valence-electron chi connectivity index (χ3n) is 2.48. The molecule has 0 aliphatic rings. The zero-order valence-electron chi connectivity index (χ0n) is 9.78. The highest BCUT2D eigenvalue weighted by Crippen LogP contribution is 2.25. The van der Waals surface area contributed by atoms with Gasteiger partial charge in [0.15, 0.2) is 17.5 Å². The lowest BCUT2D eigenvalue weighted by molar-refractivity contribution is 0.484. The molecule has 0 unspecified atom stereocenters. The van der Waals surface area contributed by atoms with Crippen molar-refractivity contribution in [1.29, 1.82) is 0 Å². The first-order valence-electron chi connectivity index (χ1n) is 5.27. The first-order chi connectivity index (χ1) is 8.41. The van der Waals surface area contributed by atoms with Crippen molar-refractivity contribution in [2.24, 2.45) is 0 Å². The molecule has 2 rings (SSSR count). The highest BCUT2D eigenvalue weighted by molar-refractivity contribution is 5.43. The van der Waals surface area contributed by atoms with E-state index in [1.807, 2.05) is 0 Å². The average molecular weight is 256 g/mol. The third-order valence-corrected chi connectivity index (χ3v) is 2.48. The van der Waals surface area contributed by atoms with Gasteiger partial charge in [0.1, 0.15) is 11.5 Å². The summed E-state index contributed by atoms with van der Waals surface area (Å²) in [5.41, 5.74) is 5.66. The summed E-state index contributed by atoms with van der Waals surface area (Å²) in [6, 6.07) is 1.31. The van der Waals surface area contributed by atoms with Crippen LogP contribution in [-0.2, 0) is 0 Å². The number of halogens is 3. The molecule has 1 heterocycles. The molecule has 0 saturated carbocycles. The van der Waals surface area contributed by atoms with E-state index in [1.165, 1.54) is 0 Å². The zero-order valence-corrected chi connectivity index (χ0v) is 9.78. The van der Waals surface area contributed by atoms with Crippen LogP contribution in [0.25, 0.3) is 5.69 Å². The smallest absolute Gasteiger partial charge is 0.184 e. The lowest BCUT2D eigenvalue weighted by Gasteiger charge is -2.10. The highest BCUT2D eigenvalue weighted by Gasteiger charge is 2.20. The van der Waals surface area contributed by atoms with Crippen LogP contribution in [-0.4, -0.2) is 15.0 Å². The Labute approximate surface area is 101 Å². The first-order valence-corrected chi connectivity index (χ1v) is 5.27. The average Bonchev–Trinajstić information content (AvgIpc) is 2.65. The van der Waals surface area contributed by atoms with Gasteiger partial charge in [0.25, 0.3) is 0 Å². The molecule has 0 aliphatic heterocycles. The van der Waals surface area contributed by atoms with Crippen molar-refractivity contribution < 1.29 is 13.2 Å². The van der Waals surface area contributed by atoms with Crippen LogP contribution in [0.3, 0.4) is 0 Å². The van der Waals surface area contributed by atoms with Crippen molar-refractivity contribution in [3.63, 3.8) is 0 Å². The lowest BCUT2D eigenvalue weighted by atomic mass is 10.1. The second-order valence-corrected chi connectivity index (χ2v) is 4.15. The summed E-state index contributed by atoms with van der Waals surface area (Å²) in [7, 11) is 0. The summed E-state index contributed by atoms with van der Waals surface area (Å²) in [4.78, 5) is 0. The van der Waals surface area contributed by atoms with Crippen molar-refractivity contribution in [3.8, 4) is 5.69 Å². The molecule has 7 heteroatoms. The largest absolute Gasteiger partial charge is 0.381 e. The molecule has 4 nitrogen and oxygen atoms in total. The van der Waals surface area contributed by atoms with Crippen LogP contribution >= 0.6 is 0 Å². The minimum absolute atomic E-state index is 0.106. The Hall–Kier alpha value is -2.05. The molecule has 2 N–H and O–H groups in total. The number of rotatable bonds is 2. The Morgan fingerprint density at radius 2 is 1.89 bits per heavy atom. The van der Waals surface area contributed by atoms with E-state index in [2.05, 4.69) is 10.3 Å². The van der Waals surface area contributed by atoms with Crippen LogP contribution < -0.4 is 5.73 Å². The zero-order chi connectivity index (χ0) is 13.4. The second-order valence-electron chi connectivity index (χ2n) is 4.15. The summed E-state index contributed by atoms with van der Waals surface area (Å²) >= 11 is 0. The Kier molecular flexibility index (Phi) is 2.98. The minimum Gasteiger partial charge on any atom is -0.381 e. The Morgan fingerprint density at radius 1 is 1.22 bits per heavy atom. The van der Waals surface area contributed by atoms with Crippen molar-refractivity contribution in [1.82, 2.24) is 15.0 Å².